The van der Waals surface area contributed by atoms with E-state index in [0.717, 1.165) is 18.4 Å². The fourth-order valence-corrected chi connectivity index (χ4v) is 3.73. The quantitative estimate of drug-likeness (QED) is 0.174. The van der Waals surface area contributed by atoms with Crippen LogP contribution in [0.3, 0.4) is 0 Å². The van der Waals surface area contributed by atoms with Gasteiger partial charge >= 0.3 is 0 Å². The van der Waals surface area contributed by atoms with Crippen LogP contribution in [0.4, 0.5) is 0 Å². The summed E-state index contributed by atoms with van der Waals surface area (Å²) in [6.45, 7) is 2.18. The van der Waals surface area contributed by atoms with Crippen LogP contribution in [0.15, 0.2) is 36.4 Å². The van der Waals surface area contributed by atoms with Crippen LogP contribution in [0.1, 0.15) is 102 Å². The molecule has 3 N–H and O–H groups in total. The number of aliphatic hydroxyl groups excluding tert-OH is 1. The van der Waals surface area contributed by atoms with E-state index >= 15 is 0 Å². The van der Waals surface area contributed by atoms with Crippen molar-refractivity contribution < 1.29 is 15.0 Å². The Bertz CT molecular complexity index is 583. The Morgan fingerprint density at radius 1 is 0.871 bits per heavy atom. The molecule has 1 atom stereocenters. The maximum absolute atomic E-state index is 12.1. The Morgan fingerprint density at radius 2 is 1.42 bits per heavy atom. The lowest BCUT2D eigenvalue weighted by Gasteiger charge is -2.16. The second-order valence-corrected chi connectivity index (χ2v) is 8.65. The molecule has 4 nitrogen and oxygen atoms in total. The van der Waals surface area contributed by atoms with Gasteiger partial charge in [-0.3, -0.25) is 4.79 Å². The summed E-state index contributed by atoms with van der Waals surface area (Å²) in [5, 5.41) is 21.8. The van der Waals surface area contributed by atoms with Crippen LogP contribution in [0.5, 0.6) is 5.75 Å². The number of phenolic OH excluding ortho intramolecular Hbond substituents is 1. The van der Waals surface area contributed by atoms with Crippen LogP contribution in [-0.4, -0.2) is 28.8 Å². The molecule has 4 heteroatoms. The SMILES string of the molecule is CCCCCCCCC=CCCCCCCCC(=O)N[C@H](CO)Cc1ccc(O)cc1. The van der Waals surface area contributed by atoms with Gasteiger partial charge in [-0.15, -0.1) is 0 Å². The Hall–Kier alpha value is -1.81. The zero-order valence-corrected chi connectivity index (χ0v) is 19.7. The first-order valence-electron chi connectivity index (χ1n) is 12.5. The Balaban J connectivity index is 1.96. The zero-order chi connectivity index (χ0) is 22.6. The smallest absolute Gasteiger partial charge is 0.220 e. The monoisotopic (exact) mass is 431 g/mol. The first-order valence-corrected chi connectivity index (χ1v) is 12.5. The number of benzene rings is 1. The lowest BCUT2D eigenvalue weighted by atomic mass is 10.1. The van der Waals surface area contributed by atoms with Crippen molar-refractivity contribution in [1.29, 1.82) is 0 Å². The molecular formula is C27H45NO3. The van der Waals surface area contributed by atoms with E-state index < -0.39 is 0 Å². The van der Waals surface area contributed by atoms with Crippen molar-refractivity contribution in [2.24, 2.45) is 0 Å². The van der Waals surface area contributed by atoms with E-state index in [4.69, 9.17) is 0 Å². The molecule has 0 spiro atoms. The van der Waals surface area contributed by atoms with E-state index in [0.29, 0.717) is 12.8 Å². The van der Waals surface area contributed by atoms with Gasteiger partial charge < -0.3 is 15.5 Å². The fraction of sp³-hybridized carbons (Fsp3) is 0.667. The first-order chi connectivity index (χ1) is 15.2. The molecule has 1 rings (SSSR count). The molecule has 176 valence electrons. The normalized spacial score (nSPS) is 12.3. The highest BCUT2D eigenvalue weighted by Crippen LogP contribution is 2.12. The van der Waals surface area contributed by atoms with Crippen molar-refractivity contribution in [3.63, 3.8) is 0 Å². The molecule has 0 heterocycles. The third-order valence-corrected chi connectivity index (χ3v) is 5.67. The van der Waals surface area contributed by atoms with E-state index in [9.17, 15) is 15.0 Å². The molecule has 31 heavy (non-hydrogen) atoms. The maximum atomic E-state index is 12.1. The molecular weight excluding hydrogens is 386 g/mol. The summed E-state index contributed by atoms with van der Waals surface area (Å²) in [5.41, 5.74) is 0.984. The number of nitrogens with one attached hydrogen (secondary N) is 1. The highest BCUT2D eigenvalue weighted by atomic mass is 16.3. The van der Waals surface area contributed by atoms with Crippen LogP contribution < -0.4 is 5.32 Å². The van der Waals surface area contributed by atoms with Gasteiger partial charge in [-0.05, 0) is 56.2 Å². The Kier molecular flexibility index (Phi) is 16.6. The third-order valence-electron chi connectivity index (χ3n) is 5.67. The summed E-state index contributed by atoms with van der Waals surface area (Å²) in [4.78, 5) is 12.1. The van der Waals surface area contributed by atoms with Gasteiger partial charge in [0.2, 0.25) is 5.91 Å². The van der Waals surface area contributed by atoms with Gasteiger partial charge in [-0.2, -0.15) is 0 Å². The molecule has 0 radical (unpaired) electrons. The summed E-state index contributed by atoms with van der Waals surface area (Å²) in [6.07, 6.45) is 22.0. The minimum Gasteiger partial charge on any atom is -0.508 e. The molecule has 0 bridgehead atoms. The Morgan fingerprint density at radius 3 is 2.00 bits per heavy atom. The predicted molar refractivity (Wildman–Crippen MR) is 130 cm³/mol. The number of aliphatic hydroxyl groups is 1. The number of unbranched alkanes of at least 4 members (excludes halogenated alkanes) is 11. The van der Waals surface area contributed by atoms with Gasteiger partial charge in [-0.1, -0.05) is 82.6 Å². The number of amides is 1. The van der Waals surface area contributed by atoms with E-state index in [1.54, 1.807) is 12.1 Å². The largest absolute Gasteiger partial charge is 0.508 e. The van der Waals surface area contributed by atoms with Crippen LogP contribution >= 0.6 is 0 Å². The summed E-state index contributed by atoms with van der Waals surface area (Å²) < 4.78 is 0. The second-order valence-electron chi connectivity index (χ2n) is 8.65. The van der Waals surface area contributed by atoms with Gasteiger partial charge in [0, 0.05) is 6.42 Å². The molecule has 0 aromatic heterocycles. The summed E-state index contributed by atoms with van der Waals surface area (Å²) in [6, 6.07) is 6.59. The molecule has 1 aromatic rings. The number of hydrogen-bond donors (Lipinski definition) is 3. The molecule has 0 saturated carbocycles. The van der Waals surface area contributed by atoms with Crippen molar-refractivity contribution in [3.05, 3.63) is 42.0 Å². The molecule has 0 fully saturated rings. The number of carbonyl (C=O) groups excluding carboxylic acids is 1. The first kappa shape index (κ1) is 27.2. The van der Waals surface area contributed by atoms with E-state index in [1.807, 2.05) is 12.1 Å². The van der Waals surface area contributed by atoms with Crippen molar-refractivity contribution in [2.45, 2.75) is 109 Å². The van der Waals surface area contributed by atoms with E-state index in [1.165, 1.54) is 70.6 Å². The molecule has 0 aliphatic rings. The second kappa shape index (κ2) is 18.9. The number of carbonyl (C=O) groups is 1. The van der Waals surface area contributed by atoms with Crippen LogP contribution in [0, 0.1) is 0 Å². The standard InChI is InChI=1S/C27H45NO3/c1-2-3-4-5-6-7-8-9-10-11-12-13-14-15-16-17-27(31)28-25(23-29)22-24-18-20-26(30)21-19-24/h9-10,18-21,25,29-30H,2-8,11-17,22-23H2,1H3,(H,28,31)/t25-/m0/s1. The maximum Gasteiger partial charge on any atom is 0.220 e. The predicted octanol–water partition coefficient (Wildman–Crippen LogP) is 6.45. The lowest BCUT2D eigenvalue weighted by molar-refractivity contribution is -0.122. The molecule has 0 aliphatic heterocycles. The van der Waals surface area contributed by atoms with Gasteiger partial charge in [0.05, 0.1) is 12.6 Å². The highest BCUT2D eigenvalue weighted by Gasteiger charge is 2.12. The van der Waals surface area contributed by atoms with Gasteiger partial charge in [0.15, 0.2) is 0 Å². The van der Waals surface area contributed by atoms with E-state index in [-0.39, 0.29) is 24.3 Å². The topological polar surface area (TPSA) is 69.6 Å². The average molecular weight is 432 g/mol. The van der Waals surface area contributed by atoms with E-state index in [2.05, 4.69) is 24.4 Å². The highest BCUT2D eigenvalue weighted by molar-refractivity contribution is 5.76. The van der Waals surface area contributed by atoms with Crippen molar-refractivity contribution in [3.8, 4) is 5.75 Å². The molecule has 0 unspecified atom stereocenters. The average Bonchev–Trinajstić information content (AvgIpc) is 2.77. The number of aromatic hydroxyl groups is 1. The van der Waals surface area contributed by atoms with Gasteiger partial charge in [-0.25, -0.2) is 0 Å². The van der Waals surface area contributed by atoms with Crippen LogP contribution in [0.25, 0.3) is 0 Å². The minimum atomic E-state index is -0.278. The summed E-state index contributed by atoms with van der Waals surface area (Å²) in [5.74, 6) is 0.230. The van der Waals surface area contributed by atoms with Gasteiger partial charge in [0.1, 0.15) is 5.75 Å². The minimum absolute atomic E-state index is 0.00968. The van der Waals surface area contributed by atoms with Crippen LogP contribution in [-0.2, 0) is 11.2 Å². The molecule has 1 aromatic carbocycles. The van der Waals surface area contributed by atoms with Crippen molar-refractivity contribution in [1.82, 2.24) is 5.32 Å². The van der Waals surface area contributed by atoms with Crippen molar-refractivity contribution in [2.75, 3.05) is 6.61 Å². The molecule has 0 aliphatic carbocycles. The fourth-order valence-electron chi connectivity index (χ4n) is 3.73. The summed E-state index contributed by atoms with van der Waals surface area (Å²) >= 11 is 0. The van der Waals surface area contributed by atoms with Crippen molar-refractivity contribution >= 4 is 5.91 Å². The number of hydrogen-bond acceptors (Lipinski definition) is 3. The van der Waals surface area contributed by atoms with Crippen LogP contribution in [0.2, 0.25) is 0 Å². The van der Waals surface area contributed by atoms with Gasteiger partial charge in [0.25, 0.3) is 0 Å². The lowest BCUT2D eigenvalue weighted by Crippen LogP contribution is -2.38. The zero-order valence-electron chi connectivity index (χ0n) is 19.7. The Labute approximate surface area is 190 Å². The molecule has 0 saturated heterocycles. The number of allylic oxidation sites excluding steroid dienone is 2. The third kappa shape index (κ3) is 15.6. The number of rotatable bonds is 19. The summed E-state index contributed by atoms with van der Waals surface area (Å²) in [7, 11) is 0. The molecule has 1 amide bonds. The number of phenols is 1.